The predicted molar refractivity (Wildman–Crippen MR) is 176 cm³/mol. The maximum absolute atomic E-state index is 12.5. The fourth-order valence-electron chi connectivity index (χ4n) is 5.21. The minimum atomic E-state index is -1.99. The van der Waals surface area contributed by atoms with Crippen molar-refractivity contribution in [2.45, 2.75) is 44.5 Å². The largest absolute Gasteiger partial charge is 0.456 e. The molecule has 26 nitrogen and oxygen atoms in total. The van der Waals surface area contributed by atoms with Crippen molar-refractivity contribution in [1.29, 1.82) is 0 Å². The molecular formula is C28H24N8O18. The number of ether oxygens (including phenoxy) is 4. The number of nitrogens with one attached hydrogen (secondary N) is 2. The Morgan fingerprint density at radius 1 is 0.630 bits per heavy atom. The highest BCUT2D eigenvalue weighted by Crippen LogP contribution is 2.38. The van der Waals surface area contributed by atoms with Crippen LogP contribution >= 0.6 is 0 Å². The third-order valence-corrected chi connectivity index (χ3v) is 7.44. The second kappa shape index (κ2) is 16.1. The van der Waals surface area contributed by atoms with Gasteiger partial charge in [0.25, 0.3) is 28.4 Å². The van der Waals surface area contributed by atoms with E-state index in [1.807, 2.05) is 0 Å². The van der Waals surface area contributed by atoms with Crippen molar-refractivity contribution < 1.29 is 58.1 Å². The van der Waals surface area contributed by atoms with Crippen LogP contribution in [0.2, 0.25) is 0 Å². The molecule has 0 amide bonds. The first-order chi connectivity index (χ1) is 25.4. The second-order valence-corrected chi connectivity index (χ2v) is 11.0. The van der Waals surface area contributed by atoms with Crippen LogP contribution in [-0.4, -0.2) is 78.7 Å². The van der Waals surface area contributed by atoms with E-state index in [4.69, 9.17) is 18.9 Å². The van der Waals surface area contributed by atoms with Crippen molar-refractivity contribution in [1.82, 2.24) is 0 Å². The van der Waals surface area contributed by atoms with E-state index in [9.17, 15) is 70.3 Å². The van der Waals surface area contributed by atoms with Gasteiger partial charge in [-0.3, -0.25) is 70.3 Å². The molecule has 5 atom stereocenters. The molecule has 0 radical (unpaired) electrons. The van der Waals surface area contributed by atoms with E-state index in [0.717, 1.165) is 50.2 Å². The molecule has 1 aliphatic heterocycles. The molecule has 1 fully saturated rings. The van der Waals surface area contributed by atoms with Crippen molar-refractivity contribution in [2.24, 2.45) is 0 Å². The Morgan fingerprint density at radius 3 is 1.56 bits per heavy atom. The monoisotopic (exact) mass is 760 g/mol. The maximum atomic E-state index is 12.5. The second-order valence-electron chi connectivity index (χ2n) is 11.0. The van der Waals surface area contributed by atoms with Crippen LogP contribution in [0.4, 0.5) is 45.5 Å². The average Bonchev–Trinajstić information content (AvgIpc) is 3.09. The van der Waals surface area contributed by atoms with E-state index in [1.165, 1.54) is 0 Å². The fourth-order valence-corrected chi connectivity index (χ4v) is 5.21. The van der Waals surface area contributed by atoms with Crippen molar-refractivity contribution in [3.8, 4) is 5.75 Å². The number of hydrogen-bond acceptors (Lipinski definition) is 20. The van der Waals surface area contributed by atoms with Gasteiger partial charge in [0.1, 0.15) is 23.5 Å². The zero-order valence-corrected chi connectivity index (χ0v) is 27.3. The van der Waals surface area contributed by atoms with Crippen LogP contribution in [0.5, 0.6) is 5.75 Å². The standard InChI is InChI=1S/C28H24N8O18/c1-13(37)51-26-24(12-29-18-6-3-15(31(39)40)9-20(18)34(45)46)54-28(53-23-8-5-17(33(43)44)11-22(23)36(49)50)25(27(26)52-14(2)38)30-19-7-4-16(32(41)42)10-21(19)35(47)48/h3-11,24-30H,12H2,1-2H3/t24-,25-,26-,27-,28+/m1/s1. The van der Waals surface area contributed by atoms with Gasteiger partial charge >= 0.3 is 17.6 Å². The molecule has 54 heavy (non-hydrogen) atoms. The molecule has 0 spiro atoms. The highest BCUT2D eigenvalue weighted by atomic mass is 16.7. The highest BCUT2D eigenvalue weighted by Gasteiger charge is 2.52. The zero-order valence-electron chi connectivity index (χ0n) is 27.3. The van der Waals surface area contributed by atoms with Gasteiger partial charge in [-0.15, -0.1) is 0 Å². The molecule has 0 unspecified atom stereocenters. The summed E-state index contributed by atoms with van der Waals surface area (Å²) >= 11 is 0. The molecule has 26 heteroatoms. The smallest absolute Gasteiger partial charge is 0.317 e. The number of carbonyl (C=O) groups is 2. The molecule has 284 valence electrons. The molecule has 2 N–H and O–H groups in total. The molecule has 1 heterocycles. The van der Waals surface area contributed by atoms with Gasteiger partial charge in [0.2, 0.25) is 12.0 Å². The number of anilines is 2. The molecule has 0 aromatic heterocycles. The number of hydrogen-bond donors (Lipinski definition) is 2. The Labute approximate surface area is 298 Å². The molecule has 3 aromatic carbocycles. The molecule has 4 rings (SSSR count). The van der Waals surface area contributed by atoms with Crippen LogP contribution in [0.15, 0.2) is 54.6 Å². The highest BCUT2D eigenvalue weighted by molar-refractivity contribution is 5.69. The van der Waals surface area contributed by atoms with Gasteiger partial charge in [0, 0.05) is 38.6 Å². The Kier molecular flexibility index (Phi) is 11.7. The predicted octanol–water partition coefficient (Wildman–Crippen LogP) is 3.70. The minimum Gasteiger partial charge on any atom is -0.456 e. The first kappa shape index (κ1) is 39.2. The Morgan fingerprint density at radius 2 is 1.07 bits per heavy atom. The van der Waals surface area contributed by atoms with E-state index in [1.54, 1.807) is 0 Å². The summed E-state index contributed by atoms with van der Waals surface area (Å²) in [4.78, 5) is 88.7. The average molecular weight is 761 g/mol. The molecule has 1 aliphatic rings. The lowest BCUT2D eigenvalue weighted by atomic mass is 9.95. The van der Waals surface area contributed by atoms with Crippen molar-refractivity contribution >= 4 is 57.4 Å². The van der Waals surface area contributed by atoms with Gasteiger partial charge in [-0.2, -0.15) is 0 Å². The molecular weight excluding hydrogens is 736 g/mol. The zero-order chi connectivity index (χ0) is 40.0. The van der Waals surface area contributed by atoms with E-state index in [-0.39, 0.29) is 5.69 Å². The maximum Gasteiger partial charge on any atom is 0.317 e. The van der Waals surface area contributed by atoms with Crippen molar-refractivity contribution in [2.75, 3.05) is 17.2 Å². The molecule has 0 bridgehead atoms. The topological polar surface area (TPSA) is 354 Å². The lowest BCUT2D eigenvalue weighted by molar-refractivity contribution is -0.395. The van der Waals surface area contributed by atoms with E-state index in [2.05, 4.69) is 10.6 Å². The number of esters is 2. The Balaban J connectivity index is 1.88. The van der Waals surface area contributed by atoms with E-state index in [0.29, 0.717) is 18.2 Å². The summed E-state index contributed by atoms with van der Waals surface area (Å²) in [6, 6.07) is 5.32. The van der Waals surface area contributed by atoms with Gasteiger partial charge in [0.05, 0.1) is 47.7 Å². The number of nitro groups is 6. The van der Waals surface area contributed by atoms with Crippen LogP contribution in [0.25, 0.3) is 0 Å². The van der Waals surface area contributed by atoms with E-state index < -0.39 is 124 Å². The number of nitrogens with zero attached hydrogens (tertiary/aromatic N) is 6. The fraction of sp³-hybridized carbons (Fsp3) is 0.286. The minimum absolute atomic E-state index is 0.315. The van der Waals surface area contributed by atoms with Crippen LogP contribution < -0.4 is 15.4 Å². The number of carbonyl (C=O) groups excluding carboxylic acids is 2. The van der Waals surface area contributed by atoms with Crippen molar-refractivity contribution in [3.63, 3.8) is 0 Å². The number of non-ortho nitro benzene ring substituents is 3. The van der Waals surface area contributed by atoms with Gasteiger partial charge in [-0.25, -0.2) is 0 Å². The van der Waals surface area contributed by atoms with Crippen LogP contribution in [-0.2, 0) is 23.8 Å². The van der Waals surface area contributed by atoms with E-state index >= 15 is 0 Å². The van der Waals surface area contributed by atoms with Gasteiger partial charge in [0.15, 0.2) is 12.2 Å². The molecule has 0 saturated carbocycles. The third kappa shape index (κ3) is 8.98. The Bertz CT molecular complexity index is 2060. The normalized spacial score (nSPS) is 19.0. The number of rotatable bonds is 15. The molecule has 1 saturated heterocycles. The first-order valence-corrected chi connectivity index (χ1v) is 14.8. The summed E-state index contributed by atoms with van der Waals surface area (Å²) in [7, 11) is 0. The number of nitro benzene ring substituents is 6. The van der Waals surface area contributed by atoms with Gasteiger partial charge in [-0.05, 0) is 18.2 Å². The summed E-state index contributed by atoms with van der Waals surface area (Å²) in [6.45, 7) is 1.24. The van der Waals surface area contributed by atoms with Crippen LogP contribution in [0.1, 0.15) is 13.8 Å². The molecule has 0 aliphatic carbocycles. The first-order valence-electron chi connectivity index (χ1n) is 14.8. The lowest BCUT2D eigenvalue weighted by Crippen LogP contribution is -2.65. The van der Waals surface area contributed by atoms with Crippen LogP contribution in [0, 0.1) is 60.7 Å². The summed E-state index contributed by atoms with van der Waals surface area (Å²) in [5.74, 6) is -2.76. The van der Waals surface area contributed by atoms with Crippen molar-refractivity contribution in [3.05, 3.63) is 115 Å². The third-order valence-electron chi connectivity index (χ3n) is 7.44. The SMILES string of the molecule is CC(=O)O[C@@H]1[C@@H](Nc2ccc([N+](=O)[O-])cc2[N+](=O)[O-])[C@@H](Oc2ccc([N+](=O)[O-])cc2[N+](=O)[O-])O[C@H](CNc2ccc([N+](=O)[O-])cc2[N+](=O)[O-])[C@H]1OC(C)=O. The molecule has 3 aromatic rings. The van der Waals surface area contributed by atoms with Gasteiger partial charge in [-0.1, -0.05) is 0 Å². The summed E-state index contributed by atoms with van der Waals surface area (Å²) in [5.41, 5.74) is -5.52. The van der Waals surface area contributed by atoms with Gasteiger partial charge < -0.3 is 29.6 Å². The quantitative estimate of drug-likeness (QED) is 0.127. The Hall–Kier alpha value is -7.64. The van der Waals surface area contributed by atoms with Crippen LogP contribution in [0.3, 0.4) is 0 Å². The summed E-state index contributed by atoms with van der Waals surface area (Å²) in [5, 5.41) is 74.9. The summed E-state index contributed by atoms with van der Waals surface area (Å²) in [6.07, 6.45) is -7.12. The summed E-state index contributed by atoms with van der Waals surface area (Å²) < 4.78 is 22.8. The number of benzene rings is 3. The lowest BCUT2D eigenvalue weighted by Gasteiger charge is -2.45.